The number of hydrogen-bond donors (Lipinski definition) is 2. The second-order valence-corrected chi connectivity index (χ2v) is 6.15. The highest BCUT2D eigenvalue weighted by Crippen LogP contribution is 2.22. The SMILES string of the molecule is CC1(NS(=O)(=O)c2ccc(O)cc2)CCOC1. The van der Waals surface area contributed by atoms with Gasteiger partial charge in [0.2, 0.25) is 10.0 Å². The van der Waals surface area contributed by atoms with Crippen LogP contribution in [0.3, 0.4) is 0 Å². The van der Waals surface area contributed by atoms with Crippen molar-refractivity contribution in [2.75, 3.05) is 13.2 Å². The summed E-state index contributed by atoms with van der Waals surface area (Å²) in [5.74, 6) is 0.0411. The zero-order valence-electron chi connectivity index (χ0n) is 9.51. The first-order chi connectivity index (χ1) is 7.91. The number of phenols is 1. The van der Waals surface area contributed by atoms with Gasteiger partial charge in [-0.05, 0) is 37.6 Å². The van der Waals surface area contributed by atoms with Crippen LogP contribution in [-0.4, -0.2) is 32.3 Å². The summed E-state index contributed by atoms with van der Waals surface area (Å²) in [6.07, 6.45) is 0.657. The molecule has 1 aromatic carbocycles. The molecule has 6 heteroatoms. The van der Waals surface area contributed by atoms with Gasteiger partial charge in [-0.15, -0.1) is 0 Å². The van der Waals surface area contributed by atoms with Crippen molar-refractivity contribution in [1.82, 2.24) is 4.72 Å². The Hall–Kier alpha value is -1.11. The zero-order valence-corrected chi connectivity index (χ0v) is 10.3. The molecule has 0 radical (unpaired) electrons. The van der Waals surface area contributed by atoms with Gasteiger partial charge in [-0.2, -0.15) is 0 Å². The maximum Gasteiger partial charge on any atom is 0.241 e. The van der Waals surface area contributed by atoms with E-state index in [1.54, 1.807) is 0 Å². The van der Waals surface area contributed by atoms with E-state index in [-0.39, 0.29) is 10.6 Å². The van der Waals surface area contributed by atoms with Gasteiger partial charge in [0, 0.05) is 6.61 Å². The van der Waals surface area contributed by atoms with Crippen LogP contribution in [0, 0.1) is 0 Å². The van der Waals surface area contributed by atoms with E-state index >= 15 is 0 Å². The van der Waals surface area contributed by atoms with E-state index < -0.39 is 15.6 Å². The van der Waals surface area contributed by atoms with Crippen molar-refractivity contribution in [3.8, 4) is 5.75 Å². The number of hydrogen-bond acceptors (Lipinski definition) is 4. The van der Waals surface area contributed by atoms with Gasteiger partial charge in [-0.25, -0.2) is 13.1 Å². The number of phenolic OH excluding ortho intramolecular Hbond substituents is 1. The molecule has 1 aromatic rings. The van der Waals surface area contributed by atoms with Gasteiger partial charge >= 0.3 is 0 Å². The molecule has 2 rings (SSSR count). The van der Waals surface area contributed by atoms with Crippen LogP contribution in [0.1, 0.15) is 13.3 Å². The van der Waals surface area contributed by atoms with E-state index in [4.69, 9.17) is 9.84 Å². The topological polar surface area (TPSA) is 75.6 Å². The molecular weight excluding hydrogens is 242 g/mol. The fraction of sp³-hybridized carbons (Fsp3) is 0.455. The molecule has 1 aliphatic rings. The van der Waals surface area contributed by atoms with Crippen molar-refractivity contribution < 1.29 is 18.3 Å². The molecule has 1 saturated heterocycles. The lowest BCUT2D eigenvalue weighted by Crippen LogP contribution is -2.46. The summed E-state index contributed by atoms with van der Waals surface area (Å²) in [5, 5.41) is 9.12. The Morgan fingerprint density at radius 1 is 1.35 bits per heavy atom. The summed E-state index contributed by atoms with van der Waals surface area (Å²) in [5.41, 5.74) is -0.545. The highest BCUT2D eigenvalue weighted by molar-refractivity contribution is 7.89. The maximum absolute atomic E-state index is 12.1. The molecule has 94 valence electrons. The molecule has 0 saturated carbocycles. The number of benzene rings is 1. The first-order valence-corrected chi connectivity index (χ1v) is 6.80. The quantitative estimate of drug-likeness (QED) is 0.841. The van der Waals surface area contributed by atoms with E-state index in [0.717, 1.165) is 0 Å². The highest BCUT2D eigenvalue weighted by atomic mass is 32.2. The van der Waals surface area contributed by atoms with Crippen LogP contribution in [0.25, 0.3) is 0 Å². The van der Waals surface area contributed by atoms with Crippen LogP contribution in [0.5, 0.6) is 5.75 Å². The molecule has 0 aromatic heterocycles. The van der Waals surface area contributed by atoms with Gasteiger partial charge in [0.1, 0.15) is 5.75 Å². The molecule has 0 spiro atoms. The standard InChI is InChI=1S/C11H15NO4S/c1-11(6-7-16-8-11)12-17(14,15)10-4-2-9(13)3-5-10/h2-5,12-13H,6-8H2,1H3. The molecule has 1 heterocycles. The summed E-state index contributed by atoms with van der Waals surface area (Å²) in [6.45, 7) is 2.76. The zero-order chi connectivity index (χ0) is 12.5. The molecule has 0 aliphatic carbocycles. The molecule has 17 heavy (non-hydrogen) atoms. The van der Waals surface area contributed by atoms with Gasteiger partial charge in [0.25, 0.3) is 0 Å². The van der Waals surface area contributed by atoms with E-state index in [0.29, 0.717) is 19.6 Å². The third-order valence-electron chi connectivity index (χ3n) is 2.75. The Morgan fingerprint density at radius 2 is 2.00 bits per heavy atom. The van der Waals surface area contributed by atoms with Crippen LogP contribution >= 0.6 is 0 Å². The average molecular weight is 257 g/mol. The lowest BCUT2D eigenvalue weighted by Gasteiger charge is -2.23. The summed E-state index contributed by atoms with van der Waals surface area (Å²) >= 11 is 0. The first kappa shape index (κ1) is 12.3. The fourth-order valence-corrected chi connectivity index (χ4v) is 3.18. The third kappa shape index (κ3) is 2.77. The van der Waals surface area contributed by atoms with E-state index in [9.17, 15) is 8.42 Å². The smallest absolute Gasteiger partial charge is 0.241 e. The minimum Gasteiger partial charge on any atom is -0.508 e. The van der Waals surface area contributed by atoms with Crippen LogP contribution < -0.4 is 4.72 Å². The van der Waals surface area contributed by atoms with Crippen molar-refractivity contribution in [3.05, 3.63) is 24.3 Å². The summed E-state index contributed by atoms with van der Waals surface area (Å²) in [6, 6.07) is 5.44. The van der Waals surface area contributed by atoms with Crippen LogP contribution in [0.15, 0.2) is 29.2 Å². The molecular formula is C11H15NO4S. The molecule has 1 unspecified atom stereocenters. The molecule has 1 aliphatic heterocycles. The molecule has 1 fully saturated rings. The Labute approximate surface area is 100 Å². The monoisotopic (exact) mass is 257 g/mol. The Morgan fingerprint density at radius 3 is 2.53 bits per heavy atom. The van der Waals surface area contributed by atoms with Crippen molar-refractivity contribution >= 4 is 10.0 Å². The largest absolute Gasteiger partial charge is 0.508 e. The van der Waals surface area contributed by atoms with Crippen molar-refractivity contribution in [3.63, 3.8) is 0 Å². The van der Waals surface area contributed by atoms with Crippen molar-refractivity contribution in [2.24, 2.45) is 0 Å². The number of aromatic hydroxyl groups is 1. The fourth-order valence-electron chi connectivity index (χ4n) is 1.76. The molecule has 5 nitrogen and oxygen atoms in total. The van der Waals surface area contributed by atoms with Gasteiger partial charge in [-0.1, -0.05) is 0 Å². The molecule has 1 atom stereocenters. The summed E-state index contributed by atoms with van der Waals surface area (Å²) in [4.78, 5) is 0.142. The third-order valence-corrected chi connectivity index (χ3v) is 4.40. The van der Waals surface area contributed by atoms with Crippen LogP contribution in [-0.2, 0) is 14.8 Å². The normalized spacial score (nSPS) is 25.0. The Kier molecular flexibility index (Phi) is 3.11. The Balaban J connectivity index is 2.22. The van der Waals surface area contributed by atoms with Gasteiger partial charge in [0.15, 0.2) is 0 Å². The lowest BCUT2D eigenvalue weighted by atomic mass is 10.0. The second-order valence-electron chi connectivity index (χ2n) is 4.46. The predicted octanol–water partition coefficient (Wildman–Crippen LogP) is 0.850. The number of nitrogens with one attached hydrogen (secondary N) is 1. The van der Waals surface area contributed by atoms with E-state index in [1.807, 2.05) is 6.92 Å². The van der Waals surface area contributed by atoms with Gasteiger partial charge in [-0.3, -0.25) is 0 Å². The molecule has 0 bridgehead atoms. The van der Waals surface area contributed by atoms with Crippen molar-refractivity contribution in [1.29, 1.82) is 0 Å². The maximum atomic E-state index is 12.1. The number of rotatable bonds is 3. The summed E-state index contributed by atoms with van der Waals surface area (Å²) < 4.78 is 31.9. The predicted molar refractivity (Wildman–Crippen MR) is 62.3 cm³/mol. The van der Waals surface area contributed by atoms with Gasteiger partial charge < -0.3 is 9.84 Å². The molecule has 0 amide bonds. The lowest BCUT2D eigenvalue weighted by molar-refractivity contribution is 0.178. The van der Waals surface area contributed by atoms with Gasteiger partial charge in [0.05, 0.1) is 17.0 Å². The number of sulfonamides is 1. The average Bonchev–Trinajstić information content (AvgIpc) is 2.64. The highest BCUT2D eigenvalue weighted by Gasteiger charge is 2.34. The minimum absolute atomic E-state index is 0.0411. The first-order valence-electron chi connectivity index (χ1n) is 5.32. The molecule has 2 N–H and O–H groups in total. The van der Waals surface area contributed by atoms with E-state index in [2.05, 4.69) is 4.72 Å². The minimum atomic E-state index is -3.56. The number of ether oxygens (including phenoxy) is 1. The van der Waals surface area contributed by atoms with E-state index in [1.165, 1.54) is 24.3 Å². The Bertz CT molecular complexity index is 489. The van der Waals surface area contributed by atoms with Crippen LogP contribution in [0.2, 0.25) is 0 Å². The van der Waals surface area contributed by atoms with Crippen LogP contribution in [0.4, 0.5) is 0 Å². The second kappa shape index (κ2) is 4.29. The van der Waals surface area contributed by atoms with Crippen molar-refractivity contribution in [2.45, 2.75) is 23.8 Å². The summed E-state index contributed by atoms with van der Waals surface area (Å²) in [7, 11) is -3.56.